The Morgan fingerprint density at radius 2 is 1.70 bits per heavy atom. The summed E-state index contributed by atoms with van der Waals surface area (Å²) in [4.78, 5) is 1.30. The molecule has 108 valence electrons. The highest BCUT2D eigenvalue weighted by Crippen LogP contribution is 2.30. The summed E-state index contributed by atoms with van der Waals surface area (Å²) in [5, 5.41) is 3.65. The molecule has 20 heavy (non-hydrogen) atoms. The summed E-state index contributed by atoms with van der Waals surface area (Å²) in [7, 11) is 0. The molecule has 1 heterocycles. The molecule has 0 aliphatic heterocycles. The summed E-state index contributed by atoms with van der Waals surface area (Å²) < 4.78 is 14.2. The topological polar surface area (TPSA) is 12.0 Å². The SMILES string of the molecule is CC(NC(c1ccc(F)cc1)C(C)C)c1ccc(Br)s1. The normalized spacial score (nSPS) is 14.5. The number of nitrogens with one attached hydrogen (secondary N) is 1. The number of hydrogen-bond donors (Lipinski definition) is 1. The van der Waals surface area contributed by atoms with Gasteiger partial charge >= 0.3 is 0 Å². The fourth-order valence-corrected chi connectivity index (χ4v) is 3.69. The average molecular weight is 356 g/mol. The molecule has 2 unspecified atom stereocenters. The van der Waals surface area contributed by atoms with Crippen LogP contribution in [0, 0.1) is 11.7 Å². The van der Waals surface area contributed by atoms with Gasteiger partial charge in [-0.3, -0.25) is 0 Å². The number of hydrogen-bond acceptors (Lipinski definition) is 2. The van der Waals surface area contributed by atoms with Gasteiger partial charge in [-0.15, -0.1) is 11.3 Å². The molecule has 0 aliphatic rings. The predicted molar refractivity (Wildman–Crippen MR) is 87.5 cm³/mol. The van der Waals surface area contributed by atoms with E-state index in [2.05, 4.69) is 54.2 Å². The van der Waals surface area contributed by atoms with Gasteiger partial charge in [-0.1, -0.05) is 26.0 Å². The fourth-order valence-electron chi connectivity index (χ4n) is 2.26. The minimum absolute atomic E-state index is 0.188. The van der Waals surface area contributed by atoms with Gasteiger partial charge in [0.1, 0.15) is 5.82 Å². The Morgan fingerprint density at radius 3 is 2.20 bits per heavy atom. The van der Waals surface area contributed by atoms with Crippen LogP contribution in [-0.4, -0.2) is 0 Å². The Hall–Kier alpha value is -0.710. The van der Waals surface area contributed by atoms with Crippen LogP contribution in [-0.2, 0) is 0 Å². The average Bonchev–Trinajstić information content (AvgIpc) is 2.83. The van der Waals surface area contributed by atoms with Crippen molar-refractivity contribution in [2.24, 2.45) is 5.92 Å². The van der Waals surface area contributed by atoms with Crippen LogP contribution in [0.2, 0.25) is 0 Å². The molecule has 0 radical (unpaired) electrons. The molecule has 0 amide bonds. The molecule has 0 spiro atoms. The zero-order valence-electron chi connectivity index (χ0n) is 11.9. The monoisotopic (exact) mass is 355 g/mol. The zero-order valence-corrected chi connectivity index (χ0v) is 14.3. The van der Waals surface area contributed by atoms with Crippen molar-refractivity contribution < 1.29 is 4.39 Å². The molecule has 4 heteroatoms. The second kappa shape index (κ2) is 6.83. The molecule has 0 saturated carbocycles. The lowest BCUT2D eigenvalue weighted by Gasteiger charge is -2.26. The summed E-state index contributed by atoms with van der Waals surface area (Å²) in [6, 6.07) is 11.5. The van der Waals surface area contributed by atoms with Gasteiger partial charge in [0.2, 0.25) is 0 Å². The maximum absolute atomic E-state index is 13.1. The van der Waals surface area contributed by atoms with Gasteiger partial charge in [0.15, 0.2) is 0 Å². The van der Waals surface area contributed by atoms with Crippen LogP contribution < -0.4 is 5.32 Å². The summed E-state index contributed by atoms with van der Waals surface area (Å²) in [6.45, 7) is 6.52. The summed E-state index contributed by atoms with van der Waals surface area (Å²) in [5.74, 6) is 0.248. The lowest BCUT2D eigenvalue weighted by Crippen LogP contribution is -2.28. The van der Waals surface area contributed by atoms with Crippen LogP contribution >= 0.6 is 27.3 Å². The summed E-state index contributed by atoms with van der Waals surface area (Å²) in [5.41, 5.74) is 1.13. The Balaban J connectivity index is 2.15. The van der Waals surface area contributed by atoms with E-state index in [-0.39, 0.29) is 17.9 Å². The second-order valence-electron chi connectivity index (χ2n) is 5.30. The first-order chi connectivity index (χ1) is 9.47. The van der Waals surface area contributed by atoms with E-state index in [0.717, 1.165) is 9.35 Å². The number of thiophene rings is 1. The smallest absolute Gasteiger partial charge is 0.123 e. The Kier molecular flexibility index (Phi) is 5.35. The molecule has 2 atom stereocenters. The maximum atomic E-state index is 13.1. The van der Waals surface area contributed by atoms with Crippen LogP contribution in [0.3, 0.4) is 0 Å². The lowest BCUT2D eigenvalue weighted by atomic mass is 9.95. The van der Waals surface area contributed by atoms with Gasteiger partial charge < -0.3 is 5.32 Å². The van der Waals surface area contributed by atoms with Crippen LogP contribution in [0.15, 0.2) is 40.2 Å². The minimum atomic E-state index is -0.188. The molecular weight excluding hydrogens is 337 g/mol. The van der Waals surface area contributed by atoms with Gasteiger partial charge in [-0.2, -0.15) is 0 Å². The van der Waals surface area contributed by atoms with Crippen molar-refractivity contribution in [1.29, 1.82) is 0 Å². The molecule has 2 aromatic rings. The van der Waals surface area contributed by atoms with Crippen molar-refractivity contribution in [1.82, 2.24) is 5.32 Å². The molecule has 1 aromatic carbocycles. The lowest BCUT2D eigenvalue weighted by molar-refractivity contribution is 0.376. The van der Waals surface area contributed by atoms with Crippen molar-refractivity contribution in [3.05, 3.63) is 56.4 Å². The molecule has 1 nitrogen and oxygen atoms in total. The van der Waals surface area contributed by atoms with Gasteiger partial charge in [0.25, 0.3) is 0 Å². The van der Waals surface area contributed by atoms with E-state index in [0.29, 0.717) is 5.92 Å². The van der Waals surface area contributed by atoms with E-state index in [9.17, 15) is 4.39 Å². The van der Waals surface area contributed by atoms with Crippen molar-refractivity contribution in [3.8, 4) is 0 Å². The van der Waals surface area contributed by atoms with Crippen LogP contribution in [0.1, 0.15) is 43.3 Å². The zero-order chi connectivity index (χ0) is 14.7. The van der Waals surface area contributed by atoms with E-state index in [1.54, 1.807) is 11.3 Å². The number of halogens is 2. The highest BCUT2D eigenvalue weighted by molar-refractivity contribution is 9.11. The van der Waals surface area contributed by atoms with Crippen LogP contribution in [0.25, 0.3) is 0 Å². The first-order valence-corrected chi connectivity index (χ1v) is 8.35. The third-order valence-corrected chi connectivity index (χ3v) is 5.15. The largest absolute Gasteiger partial charge is 0.302 e. The highest BCUT2D eigenvalue weighted by Gasteiger charge is 2.19. The van der Waals surface area contributed by atoms with Crippen molar-refractivity contribution >= 4 is 27.3 Å². The minimum Gasteiger partial charge on any atom is -0.302 e. The van der Waals surface area contributed by atoms with Gasteiger partial charge in [0, 0.05) is 17.0 Å². The van der Waals surface area contributed by atoms with Crippen molar-refractivity contribution in [3.63, 3.8) is 0 Å². The third-order valence-electron chi connectivity index (χ3n) is 3.35. The van der Waals surface area contributed by atoms with Gasteiger partial charge in [-0.25, -0.2) is 4.39 Å². The highest BCUT2D eigenvalue weighted by atomic mass is 79.9. The van der Waals surface area contributed by atoms with Crippen molar-refractivity contribution in [2.45, 2.75) is 32.9 Å². The second-order valence-corrected chi connectivity index (χ2v) is 7.80. The first-order valence-electron chi connectivity index (χ1n) is 6.74. The number of benzene rings is 1. The number of rotatable bonds is 5. The first kappa shape index (κ1) is 15.7. The Bertz CT molecular complexity index is 550. The van der Waals surface area contributed by atoms with Crippen molar-refractivity contribution in [2.75, 3.05) is 0 Å². The van der Waals surface area contributed by atoms with Gasteiger partial charge in [-0.05, 0) is 58.6 Å². The van der Waals surface area contributed by atoms with Gasteiger partial charge in [0.05, 0.1) is 3.79 Å². The maximum Gasteiger partial charge on any atom is 0.123 e. The molecule has 1 aromatic heterocycles. The molecule has 0 aliphatic carbocycles. The standard InChI is InChI=1S/C16H19BrFNS/c1-10(2)16(12-4-6-13(18)7-5-12)19-11(3)14-8-9-15(17)20-14/h4-11,16,19H,1-3H3. The van der Waals surface area contributed by atoms with E-state index >= 15 is 0 Å². The van der Waals surface area contributed by atoms with E-state index in [4.69, 9.17) is 0 Å². The fraction of sp³-hybridized carbons (Fsp3) is 0.375. The summed E-state index contributed by atoms with van der Waals surface area (Å²) >= 11 is 5.24. The van der Waals surface area contributed by atoms with E-state index < -0.39 is 0 Å². The van der Waals surface area contributed by atoms with E-state index in [1.165, 1.54) is 17.0 Å². The van der Waals surface area contributed by atoms with Crippen LogP contribution in [0.5, 0.6) is 0 Å². The molecule has 1 N–H and O–H groups in total. The molecule has 0 bridgehead atoms. The molecule has 2 rings (SSSR count). The quantitative estimate of drug-likeness (QED) is 0.725. The Morgan fingerprint density at radius 1 is 1.05 bits per heavy atom. The molecule has 0 fully saturated rings. The van der Waals surface area contributed by atoms with E-state index in [1.807, 2.05) is 12.1 Å². The molecule has 0 saturated heterocycles. The molecular formula is C16H19BrFNS. The van der Waals surface area contributed by atoms with Crippen LogP contribution in [0.4, 0.5) is 4.39 Å². The third kappa shape index (κ3) is 3.90. The predicted octanol–water partition coefficient (Wildman–Crippen LogP) is 5.70. The summed E-state index contributed by atoms with van der Waals surface area (Å²) in [6.07, 6.45) is 0. The Labute approximate surface area is 132 Å².